The minimum absolute atomic E-state index is 0.0824. The predicted molar refractivity (Wildman–Crippen MR) is 116 cm³/mol. The smallest absolute Gasteiger partial charge is 0.251 e. The lowest BCUT2D eigenvalue weighted by atomic mass is 9.90. The van der Waals surface area contributed by atoms with E-state index in [9.17, 15) is 4.79 Å². The van der Waals surface area contributed by atoms with Gasteiger partial charge in [-0.2, -0.15) is 0 Å². The number of ether oxygens (including phenoxy) is 1. The molecule has 0 aromatic heterocycles. The van der Waals surface area contributed by atoms with E-state index in [2.05, 4.69) is 34.5 Å². The van der Waals surface area contributed by atoms with Crippen molar-refractivity contribution < 1.29 is 9.53 Å². The molecule has 0 radical (unpaired) electrons. The van der Waals surface area contributed by atoms with Crippen LogP contribution in [0, 0.1) is 5.92 Å². The molecule has 1 N–H and O–H groups in total. The van der Waals surface area contributed by atoms with E-state index in [1.54, 1.807) is 7.11 Å². The normalized spacial score (nSPS) is 17.6. The number of fused-ring (bicyclic) bond motifs is 1. The van der Waals surface area contributed by atoms with Gasteiger partial charge in [0.2, 0.25) is 0 Å². The Labute approximate surface area is 174 Å². The molecule has 2 aromatic rings. The highest BCUT2D eigenvalue weighted by Crippen LogP contribution is 2.23. The Morgan fingerprint density at radius 3 is 2.48 bits per heavy atom. The third-order valence-corrected chi connectivity index (χ3v) is 6.43. The lowest BCUT2D eigenvalue weighted by molar-refractivity contribution is 0.0935. The van der Waals surface area contributed by atoms with Crippen molar-refractivity contribution in [1.82, 2.24) is 10.2 Å². The number of nitrogens with one attached hydrogen (secondary N) is 1. The van der Waals surface area contributed by atoms with E-state index in [1.165, 1.54) is 29.5 Å². The number of carbonyl (C=O) groups is 1. The second kappa shape index (κ2) is 9.45. The first-order valence-corrected chi connectivity index (χ1v) is 11.0. The fourth-order valence-corrected chi connectivity index (χ4v) is 4.55. The molecule has 29 heavy (non-hydrogen) atoms. The lowest BCUT2D eigenvalue weighted by Gasteiger charge is -2.32. The Bertz CT molecular complexity index is 823. The van der Waals surface area contributed by atoms with Gasteiger partial charge in [-0.05, 0) is 98.5 Å². The largest absolute Gasteiger partial charge is 0.497 e. The van der Waals surface area contributed by atoms with E-state index in [-0.39, 0.29) is 5.91 Å². The van der Waals surface area contributed by atoms with E-state index in [0.29, 0.717) is 5.92 Å². The van der Waals surface area contributed by atoms with Crippen molar-refractivity contribution in [3.05, 3.63) is 64.7 Å². The second-order valence-electron chi connectivity index (χ2n) is 8.47. The van der Waals surface area contributed by atoms with Crippen LogP contribution in [0.2, 0.25) is 0 Å². The van der Waals surface area contributed by atoms with Gasteiger partial charge in [0, 0.05) is 18.7 Å². The molecule has 2 aliphatic rings. The molecule has 0 atom stereocenters. The van der Waals surface area contributed by atoms with Crippen LogP contribution in [-0.4, -0.2) is 37.6 Å². The number of rotatable bonds is 6. The van der Waals surface area contributed by atoms with Crippen LogP contribution in [-0.2, 0) is 19.4 Å². The minimum atomic E-state index is 0.0824. The zero-order valence-corrected chi connectivity index (χ0v) is 17.5. The molecule has 1 saturated heterocycles. The van der Waals surface area contributed by atoms with E-state index < -0.39 is 0 Å². The van der Waals surface area contributed by atoms with Crippen LogP contribution in [0.1, 0.15) is 52.7 Å². The maximum atomic E-state index is 12.6. The van der Waals surface area contributed by atoms with Gasteiger partial charge in [0.05, 0.1) is 7.11 Å². The summed E-state index contributed by atoms with van der Waals surface area (Å²) in [4.78, 5) is 15.1. The molecular formula is C25H32N2O2. The van der Waals surface area contributed by atoms with E-state index in [4.69, 9.17) is 4.74 Å². The number of hydrogen-bond donors (Lipinski definition) is 1. The first-order valence-electron chi connectivity index (χ1n) is 11.0. The number of amides is 1. The Balaban J connectivity index is 1.22. The molecule has 0 spiro atoms. The minimum Gasteiger partial charge on any atom is -0.497 e. The fourth-order valence-electron chi connectivity index (χ4n) is 4.55. The van der Waals surface area contributed by atoms with Crippen molar-refractivity contribution >= 4 is 5.91 Å². The van der Waals surface area contributed by atoms with Gasteiger partial charge >= 0.3 is 0 Å². The van der Waals surface area contributed by atoms with E-state index in [1.807, 2.05) is 18.2 Å². The second-order valence-corrected chi connectivity index (χ2v) is 8.47. The molecule has 1 heterocycles. The van der Waals surface area contributed by atoms with Crippen molar-refractivity contribution in [3.63, 3.8) is 0 Å². The fraction of sp³-hybridized carbons (Fsp3) is 0.480. The van der Waals surface area contributed by atoms with Crippen molar-refractivity contribution in [2.45, 2.75) is 45.1 Å². The first-order chi connectivity index (χ1) is 14.2. The highest BCUT2D eigenvalue weighted by molar-refractivity contribution is 5.94. The van der Waals surface area contributed by atoms with Crippen LogP contribution < -0.4 is 10.1 Å². The Kier molecular flexibility index (Phi) is 6.50. The summed E-state index contributed by atoms with van der Waals surface area (Å²) in [6.07, 6.45) is 7.07. The predicted octanol–water partition coefficient (Wildman–Crippen LogP) is 4.22. The molecule has 1 aliphatic heterocycles. The number of benzene rings is 2. The van der Waals surface area contributed by atoms with Crippen LogP contribution >= 0.6 is 0 Å². The number of hydrogen-bond acceptors (Lipinski definition) is 3. The molecule has 4 nitrogen and oxygen atoms in total. The van der Waals surface area contributed by atoms with Crippen LogP contribution in [0.15, 0.2) is 42.5 Å². The topological polar surface area (TPSA) is 41.6 Å². The zero-order valence-electron chi connectivity index (χ0n) is 17.5. The molecule has 0 bridgehead atoms. The van der Waals surface area contributed by atoms with Crippen molar-refractivity contribution in [3.8, 4) is 5.75 Å². The summed E-state index contributed by atoms with van der Waals surface area (Å²) >= 11 is 0. The Morgan fingerprint density at radius 1 is 1.03 bits per heavy atom. The van der Waals surface area contributed by atoms with Crippen molar-refractivity contribution in [2.75, 3.05) is 26.7 Å². The number of methoxy groups -OCH3 is 1. The summed E-state index contributed by atoms with van der Waals surface area (Å²) in [6.45, 7) is 3.95. The van der Waals surface area contributed by atoms with Gasteiger partial charge in [-0.25, -0.2) is 0 Å². The Morgan fingerprint density at radius 2 is 1.76 bits per heavy atom. The number of likely N-dealkylation sites (tertiary alicyclic amines) is 1. The standard InChI is InChI=1S/C25H32N2O2/c1-29-24-10-6-20(7-11-24)18-27-14-12-19(13-15-27)17-26-25(28)23-9-8-21-4-2-3-5-22(21)16-23/h6-11,16,19H,2-5,12-15,17-18H2,1H3,(H,26,28). The van der Waals surface area contributed by atoms with Gasteiger partial charge in [-0.1, -0.05) is 18.2 Å². The average molecular weight is 393 g/mol. The molecule has 1 fully saturated rings. The van der Waals surface area contributed by atoms with Crippen LogP contribution in [0.5, 0.6) is 5.75 Å². The average Bonchev–Trinajstić information content (AvgIpc) is 2.78. The van der Waals surface area contributed by atoms with Crippen molar-refractivity contribution in [1.29, 1.82) is 0 Å². The summed E-state index contributed by atoms with van der Waals surface area (Å²) in [7, 11) is 1.70. The van der Waals surface area contributed by atoms with Gasteiger partial charge in [0.15, 0.2) is 0 Å². The van der Waals surface area contributed by atoms with E-state index in [0.717, 1.165) is 63.2 Å². The molecule has 4 heteroatoms. The third kappa shape index (κ3) is 5.18. The maximum Gasteiger partial charge on any atom is 0.251 e. The van der Waals surface area contributed by atoms with Gasteiger partial charge in [-0.3, -0.25) is 9.69 Å². The number of piperidine rings is 1. The molecule has 1 amide bonds. The lowest BCUT2D eigenvalue weighted by Crippen LogP contribution is -2.38. The van der Waals surface area contributed by atoms with Gasteiger partial charge in [0.1, 0.15) is 5.75 Å². The summed E-state index contributed by atoms with van der Waals surface area (Å²) < 4.78 is 5.23. The highest BCUT2D eigenvalue weighted by atomic mass is 16.5. The van der Waals surface area contributed by atoms with Crippen LogP contribution in [0.25, 0.3) is 0 Å². The highest BCUT2D eigenvalue weighted by Gasteiger charge is 2.20. The number of nitrogens with zero attached hydrogens (tertiary/aromatic N) is 1. The van der Waals surface area contributed by atoms with Gasteiger partial charge in [-0.15, -0.1) is 0 Å². The summed E-state index contributed by atoms with van der Waals surface area (Å²) in [6, 6.07) is 14.6. The molecule has 2 aromatic carbocycles. The summed E-state index contributed by atoms with van der Waals surface area (Å²) in [5.41, 5.74) is 4.94. The molecule has 154 valence electrons. The summed E-state index contributed by atoms with van der Waals surface area (Å²) in [5.74, 6) is 1.56. The zero-order chi connectivity index (χ0) is 20.1. The number of aryl methyl sites for hydroxylation is 2. The number of carbonyl (C=O) groups excluding carboxylic acids is 1. The monoisotopic (exact) mass is 392 g/mol. The molecular weight excluding hydrogens is 360 g/mol. The van der Waals surface area contributed by atoms with Gasteiger partial charge < -0.3 is 10.1 Å². The molecule has 0 unspecified atom stereocenters. The Hall–Kier alpha value is -2.33. The van der Waals surface area contributed by atoms with Crippen LogP contribution in [0.4, 0.5) is 0 Å². The first kappa shape index (κ1) is 20.0. The van der Waals surface area contributed by atoms with Crippen molar-refractivity contribution in [2.24, 2.45) is 5.92 Å². The quantitative estimate of drug-likeness (QED) is 0.800. The van der Waals surface area contributed by atoms with E-state index >= 15 is 0 Å². The summed E-state index contributed by atoms with van der Waals surface area (Å²) in [5, 5.41) is 3.18. The van der Waals surface area contributed by atoms with Crippen LogP contribution in [0.3, 0.4) is 0 Å². The molecule has 1 aliphatic carbocycles. The van der Waals surface area contributed by atoms with Gasteiger partial charge in [0.25, 0.3) is 5.91 Å². The SMILES string of the molecule is COc1ccc(CN2CCC(CNC(=O)c3ccc4c(c3)CCCC4)CC2)cc1. The maximum absolute atomic E-state index is 12.6. The third-order valence-electron chi connectivity index (χ3n) is 6.43. The molecule has 0 saturated carbocycles. The molecule has 4 rings (SSSR count).